The van der Waals surface area contributed by atoms with E-state index in [4.69, 9.17) is 4.74 Å². The predicted octanol–water partition coefficient (Wildman–Crippen LogP) is 2.98. The standard InChI is InChI=1S/C13H12F2N2O/c1-16-13-6-9(4-5-17-13)8-18-12-3-2-10(14)7-11(12)15/h2-7H,8H2,1H3,(H,16,17). The molecule has 0 spiro atoms. The monoisotopic (exact) mass is 250 g/mol. The summed E-state index contributed by atoms with van der Waals surface area (Å²) in [4.78, 5) is 4.05. The molecule has 0 saturated carbocycles. The number of nitrogens with zero attached hydrogens (tertiary/aromatic N) is 1. The number of aromatic nitrogens is 1. The Kier molecular flexibility index (Phi) is 3.72. The molecule has 2 rings (SSSR count). The Morgan fingerprint density at radius 1 is 1.22 bits per heavy atom. The van der Waals surface area contributed by atoms with Crippen molar-refractivity contribution in [3.8, 4) is 5.75 Å². The van der Waals surface area contributed by atoms with E-state index in [-0.39, 0.29) is 12.4 Å². The molecule has 94 valence electrons. The van der Waals surface area contributed by atoms with Crippen molar-refractivity contribution in [2.45, 2.75) is 6.61 Å². The number of ether oxygens (including phenoxy) is 1. The molecular weight excluding hydrogens is 238 g/mol. The Morgan fingerprint density at radius 3 is 2.78 bits per heavy atom. The Hall–Kier alpha value is -2.17. The molecule has 0 amide bonds. The van der Waals surface area contributed by atoms with E-state index in [1.165, 1.54) is 6.07 Å². The number of benzene rings is 1. The molecule has 18 heavy (non-hydrogen) atoms. The fourth-order valence-corrected chi connectivity index (χ4v) is 1.45. The zero-order valence-corrected chi connectivity index (χ0v) is 9.78. The van der Waals surface area contributed by atoms with Gasteiger partial charge < -0.3 is 10.1 Å². The largest absolute Gasteiger partial charge is 0.486 e. The molecule has 0 radical (unpaired) electrons. The van der Waals surface area contributed by atoms with Gasteiger partial charge in [-0.3, -0.25) is 0 Å². The van der Waals surface area contributed by atoms with Crippen LogP contribution >= 0.6 is 0 Å². The Bertz CT molecular complexity index is 546. The maximum absolute atomic E-state index is 13.3. The second-order valence-electron chi connectivity index (χ2n) is 3.66. The molecule has 0 aliphatic heterocycles. The van der Waals surface area contributed by atoms with Gasteiger partial charge in [0.05, 0.1) is 0 Å². The van der Waals surface area contributed by atoms with Crippen LogP contribution in [-0.2, 0) is 6.61 Å². The minimum atomic E-state index is -0.710. The molecule has 0 fully saturated rings. The Labute approximate surface area is 103 Å². The van der Waals surface area contributed by atoms with Gasteiger partial charge in [0.1, 0.15) is 18.2 Å². The molecule has 0 atom stereocenters. The van der Waals surface area contributed by atoms with E-state index in [1.807, 2.05) is 0 Å². The highest BCUT2D eigenvalue weighted by molar-refractivity contribution is 5.36. The maximum Gasteiger partial charge on any atom is 0.167 e. The van der Waals surface area contributed by atoms with Gasteiger partial charge in [-0.15, -0.1) is 0 Å². The molecule has 0 aliphatic carbocycles. The fraction of sp³-hybridized carbons (Fsp3) is 0.154. The van der Waals surface area contributed by atoms with Gasteiger partial charge in [-0.1, -0.05) is 0 Å². The lowest BCUT2D eigenvalue weighted by Gasteiger charge is -2.08. The van der Waals surface area contributed by atoms with Crippen molar-refractivity contribution >= 4 is 5.82 Å². The average Bonchev–Trinajstić information content (AvgIpc) is 2.38. The van der Waals surface area contributed by atoms with Crippen molar-refractivity contribution in [3.05, 3.63) is 53.7 Å². The predicted molar refractivity (Wildman–Crippen MR) is 64.5 cm³/mol. The summed E-state index contributed by atoms with van der Waals surface area (Å²) < 4.78 is 31.3. The molecule has 3 nitrogen and oxygen atoms in total. The van der Waals surface area contributed by atoms with Gasteiger partial charge in [0.15, 0.2) is 11.6 Å². The third kappa shape index (κ3) is 2.94. The van der Waals surface area contributed by atoms with E-state index in [1.54, 1.807) is 25.4 Å². The summed E-state index contributed by atoms with van der Waals surface area (Å²) in [6.45, 7) is 0.194. The number of hydrogen-bond acceptors (Lipinski definition) is 3. The smallest absolute Gasteiger partial charge is 0.167 e. The Morgan fingerprint density at radius 2 is 2.06 bits per heavy atom. The summed E-state index contributed by atoms with van der Waals surface area (Å²) in [5.74, 6) is -0.603. The van der Waals surface area contributed by atoms with Crippen LogP contribution < -0.4 is 10.1 Å². The fourth-order valence-electron chi connectivity index (χ4n) is 1.45. The van der Waals surface area contributed by atoms with Crippen LogP contribution in [0.4, 0.5) is 14.6 Å². The van der Waals surface area contributed by atoms with Crippen molar-refractivity contribution in [1.29, 1.82) is 0 Å². The topological polar surface area (TPSA) is 34.1 Å². The normalized spacial score (nSPS) is 10.2. The first-order chi connectivity index (χ1) is 8.69. The van der Waals surface area contributed by atoms with Gasteiger partial charge in [-0.2, -0.15) is 0 Å². The number of hydrogen-bond donors (Lipinski definition) is 1. The van der Waals surface area contributed by atoms with Crippen LogP contribution in [0.25, 0.3) is 0 Å². The third-order valence-electron chi connectivity index (χ3n) is 2.37. The molecule has 0 aliphatic rings. The van der Waals surface area contributed by atoms with Gasteiger partial charge >= 0.3 is 0 Å². The van der Waals surface area contributed by atoms with Crippen LogP contribution in [0.5, 0.6) is 5.75 Å². The molecule has 5 heteroatoms. The summed E-state index contributed by atoms with van der Waals surface area (Å²) in [6.07, 6.45) is 1.63. The first kappa shape index (κ1) is 12.3. The number of rotatable bonds is 4. The molecule has 1 heterocycles. The molecule has 1 N–H and O–H groups in total. The number of pyridine rings is 1. The summed E-state index contributed by atoms with van der Waals surface area (Å²) >= 11 is 0. The average molecular weight is 250 g/mol. The van der Waals surface area contributed by atoms with E-state index in [0.29, 0.717) is 5.82 Å². The number of nitrogens with one attached hydrogen (secondary N) is 1. The van der Waals surface area contributed by atoms with Crippen LogP contribution in [-0.4, -0.2) is 12.0 Å². The Balaban J connectivity index is 2.06. The van der Waals surface area contributed by atoms with Crippen molar-refractivity contribution in [2.24, 2.45) is 0 Å². The van der Waals surface area contributed by atoms with Crippen molar-refractivity contribution in [1.82, 2.24) is 4.98 Å². The van der Waals surface area contributed by atoms with Crippen LogP contribution in [0, 0.1) is 11.6 Å². The highest BCUT2D eigenvalue weighted by Gasteiger charge is 2.05. The van der Waals surface area contributed by atoms with Crippen LogP contribution in [0.3, 0.4) is 0 Å². The maximum atomic E-state index is 13.3. The zero-order valence-electron chi connectivity index (χ0n) is 9.78. The minimum absolute atomic E-state index is 0.0271. The van der Waals surface area contributed by atoms with Crippen molar-refractivity contribution in [2.75, 3.05) is 12.4 Å². The summed E-state index contributed by atoms with van der Waals surface area (Å²) in [6, 6.07) is 6.78. The van der Waals surface area contributed by atoms with E-state index < -0.39 is 11.6 Å². The van der Waals surface area contributed by atoms with Crippen LogP contribution in [0.1, 0.15) is 5.56 Å². The van der Waals surface area contributed by atoms with Gasteiger partial charge in [0.25, 0.3) is 0 Å². The summed E-state index contributed by atoms with van der Waals surface area (Å²) in [7, 11) is 1.76. The molecule has 1 aromatic carbocycles. The highest BCUT2D eigenvalue weighted by atomic mass is 19.1. The zero-order chi connectivity index (χ0) is 13.0. The van der Waals surface area contributed by atoms with E-state index >= 15 is 0 Å². The molecule has 0 saturated heterocycles. The van der Waals surface area contributed by atoms with E-state index in [9.17, 15) is 8.78 Å². The second-order valence-corrected chi connectivity index (χ2v) is 3.66. The molecule has 1 aromatic heterocycles. The number of anilines is 1. The third-order valence-corrected chi connectivity index (χ3v) is 2.37. The quantitative estimate of drug-likeness (QED) is 0.905. The van der Waals surface area contributed by atoms with E-state index in [2.05, 4.69) is 10.3 Å². The molecule has 2 aromatic rings. The van der Waals surface area contributed by atoms with Gasteiger partial charge in [-0.25, -0.2) is 13.8 Å². The van der Waals surface area contributed by atoms with Gasteiger partial charge in [0.2, 0.25) is 0 Å². The molecule has 0 unspecified atom stereocenters. The van der Waals surface area contributed by atoms with Crippen molar-refractivity contribution < 1.29 is 13.5 Å². The lowest BCUT2D eigenvalue weighted by atomic mass is 10.2. The van der Waals surface area contributed by atoms with Gasteiger partial charge in [0, 0.05) is 19.3 Å². The first-order valence-corrected chi connectivity index (χ1v) is 5.39. The molecule has 0 bridgehead atoms. The van der Waals surface area contributed by atoms with Crippen LogP contribution in [0.15, 0.2) is 36.5 Å². The van der Waals surface area contributed by atoms with E-state index in [0.717, 1.165) is 17.7 Å². The summed E-state index contributed by atoms with van der Waals surface area (Å²) in [5, 5.41) is 2.89. The van der Waals surface area contributed by atoms with Crippen LogP contribution in [0.2, 0.25) is 0 Å². The first-order valence-electron chi connectivity index (χ1n) is 5.39. The number of halogens is 2. The minimum Gasteiger partial charge on any atom is -0.486 e. The SMILES string of the molecule is CNc1cc(COc2ccc(F)cc2F)ccn1. The lowest BCUT2D eigenvalue weighted by Crippen LogP contribution is -2.00. The summed E-state index contributed by atoms with van der Waals surface area (Å²) in [5.41, 5.74) is 0.845. The van der Waals surface area contributed by atoms with Crippen molar-refractivity contribution in [3.63, 3.8) is 0 Å². The highest BCUT2D eigenvalue weighted by Crippen LogP contribution is 2.19. The van der Waals surface area contributed by atoms with Gasteiger partial charge in [-0.05, 0) is 29.8 Å². The second kappa shape index (κ2) is 5.44. The molecular formula is C13H12F2N2O. The lowest BCUT2D eigenvalue weighted by molar-refractivity contribution is 0.289.